The van der Waals surface area contributed by atoms with Crippen LogP contribution in [0, 0.1) is 0 Å². The Morgan fingerprint density at radius 3 is 2.56 bits per heavy atom. The van der Waals surface area contributed by atoms with E-state index in [0.717, 1.165) is 45.0 Å². The summed E-state index contributed by atoms with van der Waals surface area (Å²) in [6.07, 6.45) is 0. The molecule has 2 N–H and O–H groups in total. The number of aromatic nitrogens is 1. The molecular formula is C13H20N4O. The Labute approximate surface area is 108 Å². The van der Waals surface area contributed by atoms with Gasteiger partial charge in [0.1, 0.15) is 5.69 Å². The Hall–Kier alpha value is -1.46. The second kappa shape index (κ2) is 5.93. The van der Waals surface area contributed by atoms with Crippen molar-refractivity contribution in [3.63, 3.8) is 0 Å². The quantitative estimate of drug-likeness (QED) is 0.833. The van der Waals surface area contributed by atoms with Gasteiger partial charge >= 0.3 is 0 Å². The highest BCUT2D eigenvalue weighted by Gasteiger charge is 2.16. The van der Waals surface area contributed by atoms with E-state index in [1.165, 1.54) is 0 Å². The molecule has 0 spiro atoms. The van der Waals surface area contributed by atoms with Crippen LogP contribution >= 0.6 is 0 Å². The van der Waals surface area contributed by atoms with Gasteiger partial charge in [0.05, 0.1) is 5.69 Å². The third kappa shape index (κ3) is 3.27. The number of nitrogens with zero attached hydrogens (tertiary/aromatic N) is 3. The van der Waals surface area contributed by atoms with Crippen LogP contribution in [-0.4, -0.2) is 53.4 Å². The van der Waals surface area contributed by atoms with Crippen molar-refractivity contribution in [3.05, 3.63) is 29.6 Å². The number of primary amides is 1. The maximum atomic E-state index is 11.1. The van der Waals surface area contributed by atoms with Gasteiger partial charge in [-0.3, -0.25) is 9.69 Å². The lowest BCUT2D eigenvalue weighted by Crippen LogP contribution is -2.45. The molecule has 98 valence electrons. The molecule has 1 aromatic heterocycles. The molecule has 0 unspecified atom stereocenters. The highest BCUT2D eigenvalue weighted by Crippen LogP contribution is 2.07. The summed E-state index contributed by atoms with van der Waals surface area (Å²) in [5, 5.41) is 0. The number of piperazine rings is 1. The molecule has 0 aliphatic carbocycles. The molecule has 5 heteroatoms. The first-order chi connectivity index (χ1) is 8.69. The highest BCUT2D eigenvalue weighted by atomic mass is 16.1. The van der Waals surface area contributed by atoms with E-state index < -0.39 is 5.91 Å². The lowest BCUT2D eigenvalue weighted by atomic mass is 10.2. The largest absolute Gasteiger partial charge is 0.364 e. The Morgan fingerprint density at radius 1 is 1.28 bits per heavy atom. The zero-order chi connectivity index (χ0) is 13.0. The first kappa shape index (κ1) is 13.0. The summed E-state index contributed by atoms with van der Waals surface area (Å²) in [7, 11) is 0. The molecule has 0 saturated carbocycles. The second-order valence-corrected chi connectivity index (χ2v) is 4.59. The standard InChI is InChI=1S/C13H20N4O/c1-2-16-6-8-17(9-7-16)10-11-4-3-5-12(15-11)13(14)18/h3-5H,2,6-10H2,1H3,(H2,14,18). The fraction of sp³-hybridized carbons (Fsp3) is 0.538. The molecule has 1 aromatic rings. The molecule has 2 heterocycles. The lowest BCUT2D eigenvalue weighted by Gasteiger charge is -2.33. The zero-order valence-corrected chi connectivity index (χ0v) is 10.8. The third-order valence-corrected chi connectivity index (χ3v) is 3.36. The van der Waals surface area contributed by atoms with Crippen LogP contribution in [0.25, 0.3) is 0 Å². The van der Waals surface area contributed by atoms with Crippen LogP contribution in [0.3, 0.4) is 0 Å². The summed E-state index contributed by atoms with van der Waals surface area (Å²) in [6.45, 7) is 8.40. The number of hydrogen-bond donors (Lipinski definition) is 1. The minimum atomic E-state index is -0.465. The molecule has 0 atom stereocenters. The van der Waals surface area contributed by atoms with Crippen molar-refractivity contribution >= 4 is 5.91 Å². The summed E-state index contributed by atoms with van der Waals surface area (Å²) in [5.41, 5.74) is 6.49. The van der Waals surface area contributed by atoms with Gasteiger partial charge in [0, 0.05) is 32.7 Å². The number of amides is 1. The van der Waals surface area contributed by atoms with Crippen LogP contribution in [0.1, 0.15) is 23.1 Å². The number of nitrogens with two attached hydrogens (primary N) is 1. The van der Waals surface area contributed by atoms with Crippen molar-refractivity contribution in [2.24, 2.45) is 5.73 Å². The summed E-state index contributed by atoms with van der Waals surface area (Å²) in [4.78, 5) is 20.1. The zero-order valence-electron chi connectivity index (χ0n) is 10.8. The van der Waals surface area contributed by atoms with Crippen LogP contribution in [0.2, 0.25) is 0 Å². The van der Waals surface area contributed by atoms with E-state index in [0.29, 0.717) is 5.69 Å². The maximum absolute atomic E-state index is 11.1. The molecule has 0 aromatic carbocycles. The van der Waals surface area contributed by atoms with E-state index in [9.17, 15) is 4.79 Å². The van der Waals surface area contributed by atoms with Gasteiger partial charge in [-0.2, -0.15) is 0 Å². The molecule has 18 heavy (non-hydrogen) atoms. The van der Waals surface area contributed by atoms with Crippen molar-refractivity contribution in [2.45, 2.75) is 13.5 Å². The first-order valence-corrected chi connectivity index (χ1v) is 6.39. The van der Waals surface area contributed by atoms with E-state index in [2.05, 4.69) is 21.7 Å². The molecular weight excluding hydrogens is 228 g/mol. The van der Waals surface area contributed by atoms with Crippen molar-refractivity contribution in [1.29, 1.82) is 0 Å². The van der Waals surface area contributed by atoms with Crippen LogP contribution in [0.4, 0.5) is 0 Å². The van der Waals surface area contributed by atoms with Gasteiger partial charge in [-0.15, -0.1) is 0 Å². The Kier molecular flexibility index (Phi) is 4.28. The number of carbonyl (C=O) groups is 1. The van der Waals surface area contributed by atoms with E-state index in [-0.39, 0.29) is 0 Å². The van der Waals surface area contributed by atoms with Crippen LogP contribution in [0.15, 0.2) is 18.2 Å². The predicted octanol–water partition coefficient (Wildman–Crippen LogP) is 0.318. The lowest BCUT2D eigenvalue weighted by molar-refractivity contribution is 0.0994. The van der Waals surface area contributed by atoms with Crippen molar-refractivity contribution in [1.82, 2.24) is 14.8 Å². The Balaban J connectivity index is 1.94. The fourth-order valence-corrected chi connectivity index (χ4v) is 2.20. The number of carbonyl (C=O) groups excluding carboxylic acids is 1. The second-order valence-electron chi connectivity index (χ2n) is 4.59. The van der Waals surface area contributed by atoms with Gasteiger partial charge in [-0.05, 0) is 18.7 Å². The molecule has 1 saturated heterocycles. The Bertz CT molecular complexity index is 413. The van der Waals surface area contributed by atoms with E-state index in [4.69, 9.17) is 5.73 Å². The minimum Gasteiger partial charge on any atom is -0.364 e. The molecule has 0 radical (unpaired) electrons. The van der Waals surface area contributed by atoms with Gasteiger partial charge in [-0.1, -0.05) is 13.0 Å². The topological polar surface area (TPSA) is 62.5 Å². The predicted molar refractivity (Wildman–Crippen MR) is 70.1 cm³/mol. The van der Waals surface area contributed by atoms with Crippen molar-refractivity contribution in [3.8, 4) is 0 Å². The summed E-state index contributed by atoms with van der Waals surface area (Å²) < 4.78 is 0. The summed E-state index contributed by atoms with van der Waals surface area (Å²) in [5.74, 6) is -0.465. The fourth-order valence-electron chi connectivity index (χ4n) is 2.20. The highest BCUT2D eigenvalue weighted by molar-refractivity contribution is 5.90. The van der Waals surface area contributed by atoms with Gasteiger partial charge < -0.3 is 10.6 Å². The van der Waals surface area contributed by atoms with Gasteiger partial charge in [0.2, 0.25) is 0 Å². The smallest absolute Gasteiger partial charge is 0.267 e. The third-order valence-electron chi connectivity index (χ3n) is 3.36. The van der Waals surface area contributed by atoms with Gasteiger partial charge in [0.15, 0.2) is 0 Å². The average Bonchev–Trinajstić information content (AvgIpc) is 2.40. The number of pyridine rings is 1. The van der Waals surface area contributed by atoms with Gasteiger partial charge in [0.25, 0.3) is 5.91 Å². The van der Waals surface area contributed by atoms with Crippen LogP contribution in [0.5, 0.6) is 0 Å². The molecule has 0 bridgehead atoms. The Morgan fingerprint density at radius 2 is 1.94 bits per heavy atom. The molecule has 1 aliphatic rings. The molecule has 1 fully saturated rings. The number of hydrogen-bond acceptors (Lipinski definition) is 4. The van der Waals surface area contributed by atoms with Crippen molar-refractivity contribution < 1.29 is 4.79 Å². The molecule has 5 nitrogen and oxygen atoms in total. The van der Waals surface area contributed by atoms with Crippen molar-refractivity contribution in [2.75, 3.05) is 32.7 Å². The van der Waals surface area contributed by atoms with Crippen LogP contribution < -0.4 is 5.73 Å². The van der Waals surface area contributed by atoms with E-state index in [1.54, 1.807) is 6.07 Å². The summed E-state index contributed by atoms with van der Waals surface area (Å²) >= 11 is 0. The SMILES string of the molecule is CCN1CCN(Cc2cccc(C(N)=O)n2)CC1. The number of likely N-dealkylation sites (N-methyl/N-ethyl adjacent to an activating group) is 1. The maximum Gasteiger partial charge on any atom is 0.267 e. The van der Waals surface area contributed by atoms with E-state index >= 15 is 0 Å². The van der Waals surface area contributed by atoms with Gasteiger partial charge in [-0.25, -0.2) is 4.98 Å². The monoisotopic (exact) mass is 248 g/mol. The summed E-state index contributed by atoms with van der Waals surface area (Å²) in [6, 6.07) is 5.43. The normalized spacial score (nSPS) is 17.8. The average molecular weight is 248 g/mol. The number of rotatable bonds is 4. The first-order valence-electron chi connectivity index (χ1n) is 6.39. The molecule has 2 rings (SSSR count). The minimum absolute atomic E-state index is 0.347. The molecule has 1 aliphatic heterocycles. The molecule has 1 amide bonds. The van der Waals surface area contributed by atoms with Crippen LogP contribution in [-0.2, 0) is 6.54 Å². The van der Waals surface area contributed by atoms with E-state index in [1.807, 2.05) is 12.1 Å².